The molecule has 0 aromatic heterocycles. The lowest BCUT2D eigenvalue weighted by atomic mass is 9.95. The molecule has 0 bridgehead atoms. The van der Waals surface area contributed by atoms with Crippen LogP contribution in [0, 0.1) is 5.92 Å². The third-order valence-electron chi connectivity index (χ3n) is 7.80. The van der Waals surface area contributed by atoms with E-state index in [1.54, 1.807) is 7.11 Å². The topological polar surface area (TPSA) is 59.0 Å². The molecule has 2 aliphatic heterocycles. The highest BCUT2D eigenvalue weighted by Gasteiger charge is 2.50. The van der Waals surface area contributed by atoms with Gasteiger partial charge in [0, 0.05) is 25.3 Å². The second-order valence-electron chi connectivity index (χ2n) is 10.1. The number of hydrogen-bond donors (Lipinski definition) is 1. The quantitative estimate of drug-likeness (QED) is 0.445. The molecule has 1 N–H and O–H groups in total. The molecule has 0 unspecified atom stereocenters. The van der Waals surface area contributed by atoms with E-state index >= 15 is 0 Å². The number of ether oxygens (including phenoxy) is 2. The standard InChI is InChI=1S/C27H37NO4Si/c1-19-24(14-7-20-5-8-21(9-6-20)28-17-15-26(28)30)32-25(16-18-29)27(19)33(3,4)23-12-10-22(31-2)11-13-23/h5-6,8-13,19,24-25,27,29H,7,14-18H2,1-4H3/t19-,24+,25-,27+/m1/s1. The number of carbonyl (C=O) groups is 1. The number of anilines is 1. The van der Waals surface area contributed by atoms with Gasteiger partial charge in [-0.1, -0.05) is 49.5 Å². The van der Waals surface area contributed by atoms with Crippen molar-refractivity contribution < 1.29 is 19.4 Å². The van der Waals surface area contributed by atoms with Gasteiger partial charge < -0.3 is 19.5 Å². The lowest BCUT2D eigenvalue weighted by molar-refractivity contribution is -0.122. The smallest absolute Gasteiger partial charge is 0.228 e. The van der Waals surface area contributed by atoms with Crippen molar-refractivity contribution in [1.82, 2.24) is 0 Å². The molecule has 2 fully saturated rings. The van der Waals surface area contributed by atoms with Crippen LogP contribution in [0.2, 0.25) is 18.6 Å². The molecule has 178 valence electrons. The van der Waals surface area contributed by atoms with Gasteiger partial charge in [0.1, 0.15) is 5.75 Å². The largest absolute Gasteiger partial charge is 0.497 e. The van der Waals surface area contributed by atoms with Crippen LogP contribution in [0.1, 0.15) is 31.7 Å². The van der Waals surface area contributed by atoms with Crippen LogP contribution in [-0.2, 0) is 16.0 Å². The van der Waals surface area contributed by atoms with E-state index in [0.29, 0.717) is 24.3 Å². The van der Waals surface area contributed by atoms with Crippen LogP contribution in [0.4, 0.5) is 5.69 Å². The van der Waals surface area contributed by atoms with Crippen LogP contribution in [-0.4, -0.2) is 51.6 Å². The Labute approximate surface area is 198 Å². The number of carbonyl (C=O) groups excluding carboxylic acids is 1. The number of aliphatic hydroxyl groups is 1. The van der Waals surface area contributed by atoms with Gasteiger partial charge in [-0.25, -0.2) is 0 Å². The van der Waals surface area contributed by atoms with Crippen molar-refractivity contribution in [2.75, 3.05) is 25.2 Å². The number of rotatable bonds is 9. The molecule has 0 saturated carbocycles. The minimum absolute atomic E-state index is 0.0959. The summed E-state index contributed by atoms with van der Waals surface area (Å²) in [5, 5.41) is 11.1. The van der Waals surface area contributed by atoms with Crippen LogP contribution in [0.15, 0.2) is 48.5 Å². The molecule has 2 aromatic rings. The molecule has 2 heterocycles. The number of β-lactam (4-membered cyclic amide) rings is 1. The van der Waals surface area contributed by atoms with E-state index in [9.17, 15) is 9.90 Å². The fourth-order valence-corrected chi connectivity index (χ4v) is 9.90. The minimum atomic E-state index is -1.85. The first-order chi connectivity index (χ1) is 15.8. The zero-order valence-electron chi connectivity index (χ0n) is 20.3. The Bertz CT molecular complexity index is 944. The monoisotopic (exact) mass is 467 g/mol. The van der Waals surface area contributed by atoms with Crippen LogP contribution in [0.25, 0.3) is 0 Å². The van der Waals surface area contributed by atoms with Gasteiger partial charge >= 0.3 is 0 Å². The first-order valence-electron chi connectivity index (χ1n) is 12.1. The Balaban J connectivity index is 1.44. The predicted octanol–water partition coefficient (Wildman–Crippen LogP) is 4.14. The molecule has 2 aromatic carbocycles. The Morgan fingerprint density at radius 2 is 1.76 bits per heavy atom. The van der Waals surface area contributed by atoms with Gasteiger partial charge in [-0.05, 0) is 60.6 Å². The van der Waals surface area contributed by atoms with Crippen molar-refractivity contribution in [2.45, 2.75) is 63.5 Å². The Morgan fingerprint density at radius 1 is 1.06 bits per heavy atom. The summed E-state index contributed by atoms with van der Waals surface area (Å²) in [6.07, 6.45) is 3.55. The molecule has 2 saturated heterocycles. The second kappa shape index (κ2) is 10.00. The summed E-state index contributed by atoms with van der Waals surface area (Å²) < 4.78 is 12.0. The maximum atomic E-state index is 11.7. The first kappa shape index (κ1) is 24.0. The van der Waals surface area contributed by atoms with Crippen molar-refractivity contribution >= 4 is 24.9 Å². The Kier molecular flexibility index (Phi) is 7.27. The lowest BCUT2D eigenvalue weighted by Gasteiger charge is -2.36. The van der Waals surface area contributed by atoms with Crippen LogP contribution in [0.3, 0.4) is 0 Å². The predicted molar refractivity (Wildman–Crippen MR) is 135 cm³/mol. The van der Waals surface area contributed by atoms with E-state index in [-0.39, 0.29) is 24.7 Å². The highest BCUT2D eigenvalue weighted by molar-refractivity contribution is 6.91. The molecule has 0 spiro atoms. The Hall–Kier alpha value is -2.15. The zero-order valence-corrected chi connectivity index (χ0v) is 21.3. The zero-order chi connectivity index (χ0) is 23.6. The van der Waals surface area contributed by atoms with Gasteiger partial charge in [0.05, 0.1) is 27.4 Å². The fraction of sp³-hybridized carbons (Fsp3) is 0.519. The van der Waals surface area contributed by atoms with E-state index in [0.717, 1.165) is 30.8 Å². The van der Waals surface area contributed by atoms with Gasteiger partial charge in [0.2, 0.25) is 5.91 Å². The van der Waals surface area contributed by atoms with E-state index in [2.05, 4.69) is 68.5 Å². The van der Waals surface area contributed by atoms with E-state index in [4.69, 9.17) is 9.47 Å². The maximum Gasteiger partial charge on any atom is 0.228 e. The van der Waals surface area contributed by atoms with Gasteiger partial charge in [0.25, 0.3) is 0 Å². The van der Waals surface area contributed by atoms with Gasteiger partial charge in [-0.15, -0.1) is 0 Å². The molecule has 1 amide bonds. The van der Waals surface area contributed by atoms with Crippen molar-refractivity contribution in [2.24, 2.45) is 5.92 Å². The number of aryl methyl sites for hydroxylation is 1. The highest BCUT2D eigenvalue weighted by Crippen LogP contribution is 2.46. The number of benzene rings is 2. The van der Waals surface area contributed by atoms with Crippen molar-refractivity contribution in [3.05, 3.63) is 54.1 Å². The summed E-state index contributed by atoms with van der Waals surface area (Å²) in [5.74, 6) is 1.53. The third kappa shape index (κ3) is 4.88. The second-order valence-corrected chi connectivity index (χ2v) is 14.7. The first-order valence-corrected chi connectivity index (χ1v) is 15.2. The fourth-order valence-electron chi connectivity index (χ4n) is 5.78. The van der Waals surface area contributed by atoms with E-state index < -0.39 is 8.07 Å². The molecule has 0 radical (unpaired) electrons. The number of methoxy groups -OCH3 is 1. The van der Waals surface area contributed by atoms with Crippen LogP contribution < -0.4 is 14.8 Å². The summed E-state index contributed by atoms with van der Waals surface area (Å²) in [7, 11) is -0.150. The normalized spacial score (nSPS) is 25.2. The molecule has 33 heavy (non-hydrogen) atoms. The van der Waals surface area contributed by atoms with Crippen molar-refractivity contribution in [3.8, 4) is 5.75 Å². The summed E-state index contributed by atoms with van der Waals surface area (Å²) in [6.45, 7) is 8.19. The molecule has 4 atom stereocenters. The maximum absolute atomic E-state index is 11.7. The van der Waals surface area contributed by atoms with Gasteiger partial charge in [-0.2, -0.15) is 0 Å². The minimum Gasteiger partial charge on any atom is -0.497 e. The van der Waals surface area contributed by atoms with Gasteiger partial charge in [-0.3, -0.25) is 4.79 Å². The number of nitrogens with zero attached hydrogens (tertiary/aromatic N) is 1. The molecular weight excluding hydrogens is 430 g/mol. The summed E-state index contributed by atoms with van der Waals surface area (Å²) in [6, 6.07) is 16.9. The van der Waals surface area contributed by atoms with Crippen molar-refractivity contribution in [1.29, 1.82) is 0 Å². The molecule has 4 rings (SSSR count). The molecule has 5 nitrogen and oxygen atoms in total. The van der Waals surface area contributed by atoms with E-state index in [1.165, 1.54) is 10.8 Å². The van der Waals surface area contributed by atoms with Crippen molar-refractivity contribution in [3.63, 3.8) is 0 Å². The summed E-state index contributed by atoms with van der Waals surface area (Å²) in [4.78, 5) is 13.5. The summed E-state index contributed by atoms with van der Waals surface area (Å²) in [5.41, 5.74) is 2.72. The van der Waals surface area contributed by atoms with Crippen LogP contribution >= 0.6 is 0 Å². The lowest BCUT2D eigenvalue weighted by Crippen LogP contribution is -2.50. The number of amides is 1. The molecule has 6 heteroatoms. The molecule has 0 aliphatic carbocycles. The Morgan fingerprint density at radius 3 is 2.30 bits per heavy atom. The number of hydrogen-bond acceptors (Lipinski definition) is 4. The average Bonchev–Trinajstić information content (AvgIpc) is 3.13. The summed E-state index contributed by atoms with van der Waals surface area (Å²) >= 11 is 0. The van der Waals surface area contributed by atoms with Crippen LogP contribution in [0.5, 0.6) is 5.75 Å². The highest BCUT2D eigenvalue weighted by atomic mass is 28.3. The van der Waals surface area contributed by atoms with E-state index in [1.807, 2.05) is 4.90 Å². The average molecular weight is 468 g/mol. The third-order valence-corrected chi connectivity index (χ3v) is 12.2. The number of aliphatic hydroxyl groups excluding tert-OH is 1. The molecular formula is C27H37NO4Si. The molecule has 2 aliphatic rings. The van der Waals surface area contributed by atoms with Gasteiger partial charge in [0.15, 0.2) is 0 Å². The SMILES string of the molecule is COc1ccc([Si](C)(C)[C@H]2[C@H](C)[C@H](CCc3ccc(N4CCC4=O)cc3)O[C@@H]2CCO)cc1.